The average Bonchev–Trinajstić information content (AvgIpc) is 2.85. The fourth-order valence-corrected chi connectivity index (χ4v) is 6.00. The lowest BCUT2D eigenvalue weighted by Crippen LogP contribution is -2.19. The van der Waals surface area contributed by atoms with Gasteiger partial charge >= 0.3 is 13.3 Å². The molecule has 2 atom stereocenters. The summed E-state index contributed by atoms with van der Waals surface area (Å²) >= 11 is 3.18. The van der Waals surface area contributed by atoms with Gasteiger partial charge in [0.2, 0.25) is 0 Å². The first-order valence-corrected chi connectivity index (χ1v) is 13.5. The molecular formula is C26H28BrF2O5P. The maximum atomic E-state index is 15.2. The molecule has 0 heterocycles. The molecule has 3 rings (SSSR count). The largest absolute Gasteiger partial charge is 0.404 e. The zero-order chi connectivity index (χ0) is 25.5. The van der Waals surface area contributed by atoms with Crippen molar-refractivity contribution in [3.63, 3.8) is 0 Å². The molecule has 2 unspecified atom stereocenters. The van der Waals surface area contributed by atoms with E-state index in [0.717, 1.165) is 5.56 Å². The zero-order valence-electron chi connectivity index (χ0n) is 19.4. The number of halogens is 3. The number of aliphatic hydroxyl groups excluding tert-OH is 1. The van der Waals surface area contributed by atoms with Crippen LogP contribution in [0.1, 0.15) is 48.3 Å². The Bertz CT molecular complexity index is 1120. The van der Waals surface area contributed by atoms with Crippen molar-refractivity contribution in [3.8, 4) is 0 Å². The molecule has 3 aromatic carbocycles. The molecule has 1 N–H and O–H groups in total. The molecule has 9 heteroatoms. The van der Waals surface area contributed by atoms with Gasteiger partial charge < -0.3 is 18.9 Å². The third-order valence-corrected chi connectivity index (χ3v) is 8.07. The molecule has 0 aliphatic carbocycles. The molecule has 0 radical (unpaired) electrons. The van der Waals surface area contributed by atoms with Crippen molar-refractivity contribution in [2.75, 3.05) is 13.2 Å². The van der Waals surface area contributed by atoms with Gasteiger partial charge in [0.15, 0.2) is 0 Å². The summed E-state index contributed by atoms with van der Waals surface area (Å²) in [4.78, 5) is 0. The number of hydrogen-bond acceptors (Lipinski definition) is 5. The van der Waals surface area contributed by atoms with Crippen LogP contribution >= 0.6 is 23.5 Å². The maximum Gasteiger partial charge on any atom is 0.404 e. The number of ether oxygens (including phenoxy) is 1. The van der Waals surface area contributed by atoms with Gasteiger partial charge in [-0.05, 0) is 36.6 Å². The molecule has 0 aromatic heterocycles. The topological polar surface area (TPSA) is 65.0 Å². The van der Waals surface area contributed by atoms with Crippen LogP contribution in [0, 0.1) is 0 Å². The number of aliphatic hydroxyl groups is 1. The third-order valence-electron chi connectivity index (χ3n) is 5.29. The standard InChI is InChI=1S/C26H28BrF2O5P/c1-3-33-35(31,34-4-2)26(28,29)22-16-15-19(17-23(22)27)18-32-25(21-13-9-6-10-14-21)24(30)20-11-7-5-8-12-20/h5-17,24-25,30H,3-4,18H2,1-2H3. The molecule has 0 aliphatic rings. The minimum atomic E-state index is -4.73. The van der Waals surface area contributed by atoms with Gasteiger partial charge in [-0.15, -0.1) is 0 Å². The van der Waals surface area contributed by atoms with Crippen LogP contribution in [0.25, 0.3) is 0 Å². The van der Waals surface area contributed by atoms with Gasteiger partial charge in [-0.3, -0.25) is 4.57 Å². The number of benzene rings is 3. The predicted octanol–water partition coefficient (Wildman–Crippen LogP) is 7.76. The highest BCUT2D eigenvalue weighted by atomic mass is 79.9. The van der Waals surface area contributed by atoms with Gasteiger partial charge in [-0.1, -0.05) is 88.7 Å². The Labute approximate surface area is 212 Å². The summed E-state index contributed by atoms with van der Waals surface area (Å²) in [6, 6.07) is 22.6. The van der Waals surface area contributed by atoms with E-state index < -0.39 is 31.0 Å². The first-order valence-electron chi connectivity index (χ1n) is 11.2. The van der Waals surface area contributed by atoms with Crippen LogP contribution < -0.4 is 0 Å². The van der Waals surface area contributed by atoms with E-state index in [9.17, 15) is 9.67 Å². The number of rotatable bonds is 12. The van der Waals surface area contributed by atoms with Crippen molar-refractivity contribution in [1.82, 2.24) is 0 Å². The van der Waals surface area contributed by atoms with E-state index >= 15 is 8.78 Å². The van der Waals surface area contributed by atoms with E-state index in [0.29, 0.717) is 11.1 Å². The summed E-state index contributed by atoms with van der Waals surface area (Å²) < 4.78 is 59.1. The summed E-state index contributed by atoms with van der Waals surface area (Å²) in [5, 5.41) is 11.0. The van der Waals surface area contributed by atoms with Crippen molar-refractivity contribution in [2.24, 2.45) is 0 Å². The lowest BCUT2D eigenvalue weighted by molar-refractivity contribution is -0.0498. The Balaban J connectivity index is 1.84. The Morgan fingerprint density at radius 1 is 0.914 bits per heavy atom. The molecule has 5 nitrogen and oxygen atoms in total. The van der Waals surface area contributed by atoms with E-state index in [1.807, 2.05) is 60.7 Å². The SMILES string of the molecule is CCOP(=O)(OCC)C(F)(F)c1ccc(COC(c2ccccc2)C(O)c2ccccc2)cc1Br. The Morgan fingerprint density at radius 3 is 1.97 bits per heavy atom. The molecular weight excluding hydrogens is 541 g/mol. The predicted molar refractivity (Wildman–Crippen MR) is 134 cm³/mol. The van der Waals surface area contributed by atoms with Crippen LogP contribution in [-0.4, -0.2) is 18.3 Å². The molecule has 0 amide bonds. The quantitative estimate of drug-likeness (QED) is 0.226. The van der Waals surface area contributed by atoms with Crippen LogP contribution in [0.2, 0.25) is 0 Å². The molecule has 0 spiro atoms. The lowest BCUT2D eigenvalue weighted by atomic mass is 9.98. The van der Waals surface area contributed by atoms with Crippen LogP contribution in [0.3, 0.4) is 0 Å². The summed E-state index contributed by atoms with van der Waals surface area (Å²) in [5.41, 5.74) is -2.30. The number of hydrogen-bond donors (Lipinski definition) is 1. The highest BCUT2D eigenvalue weighted by Gasteiger charge is 2.55. The van der Waals surface area contributed by atoms with Crippen molar-refractivity contribution in [3.05, 3.63) is 106 Å². The first kappa shape index (κ1) is 27.7. The minimum Gasteiger partial charge on any atom is -0.385 e. The second kappa shape index (κ2) is 12.3. The second-order valence-corrected chi connectivity index (χ2v) is 10.6. The molecule has 3 aromatic rings. The Morgan fingerprint density at radius 2 is 1.46 bits per heavy atom. The Kier molecular flexibility index (Phi) is 9.76. The first-order chi connectivity index (χ1) is 16.7. The van der Waals surface area contributed by atoms with E-state index in [-0.39, 0.29) is 24.3 Å². The van der Waals surface area contributed by atoms with Gasteiger partial charge in [-0.2, -0.15) is 8.78 Å². The normalized spacial score (nSPS) is 14.0. The second-order valence-electron chi connectivity index (χ2n) is 7.69. The molecule has 0 fully saturated rings. The minimum absolute atomic E-state index is 0.0441. The molecule has 188 valence electrons. The third kappa shape index (κ3) is 6.45. The molecule has 0 bridgehead atoms. The van der Waals surface area contributed by atoms with Gasteiger partial charge in [0.25, 0.3) is 0 Å². The summed E-state index contributed by atoms with van der Waals surface area (Å²) in [5.74, 6) is 0. The molecule has 0 saturated heterocycles. The monoisotopic (exact) mass is 568 g/mol. The number of alkyl halides is 2. The van der Waals surface area contributed by atoms with E-state index in [4.69, 9.17) is 13.8 Å². The van der Waals surface area contributed by atoms with E-state index in [1.165, 1.54) is 32.0 Å². The van der Waals surface area contributed by atoms with Crippen LogP contribution in [-0.2, 0) is 30.6 Å². The average molecular weight is 569 g/mol. The van der Waals surface area contributed by atoms with Crippen LogP contribution in [0.15, 0.2) is 83.3 Å². The summed E-state index contributed by atoms with van der Waals surface area (Å²) in [7, 11) is -4.73. The fraction of sp³-hybridized carbons (Fsp3) is 0.308. The van der Waals surface area contributed by atoms with E-state index in [1.54, 1.807) is 0 Å². The lowest BCUT2D eigenvalue weighted by Gasteiger charge is -2.27. The highest BCUT2D eigenvalue weighted by molar-refractivity contribution is 9.10. The highest BCUT2D eigenvalue weighted by Crippen LogP contribution is 2.67. The zero-order valence-corrected chi connectivity index (χ0v) is 21.9. The maximum absolute atomic E-state index is 15.2. The van der Waals surface area contributed by atoms with Crippen molar-refractivity contribution in [1.29, 1.82) is 0 Å². The van der Waals surface area contributed by atoms with Crippen molar-refractivity contribution < 1.29 is 32.2 Å². The molecule has 35 heavy (non-hydrogen) atoms. The van der Waals surface area contributed by atoms with Crippen molar-refractivity contribution >= 4 is 23.5 Å². The summed E-state index contributed by atoms with van der Waals surface area (Å²) in [6.45, 7) is 2.64. The van der Waals surface area contributed by atoms with E-state index in [2.05, 4.69) is 15.9 Å². The van der Waals surface area contributed by atoms with Gasteiger partial charge in [0.1, 0.15) is 12.2 Å². The van der Waals surface area contributed by atoms with Crippen LogP contribution in [0.5, 0.6) is 0 Å². The van der Waals surface area contributed by atoms with Gasteiger partial charge in [0.05, 0.1) is 19.8 Å². The van der Waals surface area contributed by atoms with Gasteiger partial charge in [0, 0.05) is 10.0 Å². The molecule has 0 aliphatic heterocycles. The smallest absolute Gasteiger partial charge is 0.385 e. The Hall–Kier alpha value is -1.93. The molecule has 0 saturated carbocycles. The van der Waals surface area contributed by atoms with Crippen molar-refractivity contribution in [2.45, 2.75) is 38.3 Å². The van der Waals surface area contributed by atoms with Gasteiger partial charge in [-0.25, -0.2) is 0 Å². The fourth-order valence-electron chi connectivity index (χ4n) is 3.60. The van der Waals surface area contributed by atoms with Crippen LogP contribution in [0.4, 0.5) is 8.78 Å². The summed E-state index contributed by atoms with van der Waals surface area (Å²) in [6.07, 6.45) is -1.62.